The maximum atomic E-state index is 9.56. The third-order valence-electron chi connectivity index (χ3n) is 1.64. The van der Waals surface area contributed by atoms with Crippen molar-refractivity contribution in [1.29, 1.82) is 0 Å². The number of aromatic nitrogens is 1. The van der Waals surface area contributed by atoms with Crippen molar-refractivity contribution >= 4 is 11.6 Å². The first-order valence-corrected chi connectivity index (χ1v) is 3.76. The Morgan fingerprint density at radius 1 is 1.69 bits per heavy atom. The van der Waals surface area contributed by atoms with Gasteiger partial charge in [-0.3, -0.25) is 0 Å². The van der Waals surface area contributed by atoms with E-state index in [9.17, 15) is 5.11 Å². The normalized spacial score (nSPS) is 12.7. The van der Waals surface area contributed by atoms with Gasteiger partial charge in [0.1, 0.15) is 11.6 Å². The largest absolute Gasteiger partial charge is 0.505 e. The minimum Gasteiger partial charge on any atom is -0.505 e. The molecule has 5 heteroatoms. The quantitative estimate of drug-likeness (QED) is 0.511. The number of aliphatic hydroxyl groups is 1. The summed E-state index contributed by atoms with van der Waals surface area (Å²) in [5.41, 5.74) is 11.8. The van der Waals surface area contributed by atoms with Crippen molar-refractivity contribution in [2.24, 2.45) is 5.73 Å². The second kappa shape index (κ2) is 3.86. The van der Waals surface area contributed by atoms with Crippen LogP contribution in [0, 0.1) is 0 Å². The van der Waals surface area contributed by atoms with Gasteiger partial charge in [-0.05, 0) is 6.07 Å². The Morgan fingerprint density at radius 3 is 2.85 bits per heavy atom. The number of aliphatic hydroxyl groups excluding tert-OH is 1. The molecule has 1 aromatic heterocycles. The Morgan fingerprint density at radius 2 is 2.38 bits per heavy atom. The summed E-state index contributed by atoms with van der Waals surface area (Å²) in [6, 6.07) is 1.65. The van der Waals surface area contributed by atoms with Crippen LogP contribution in [0.1, 0.15) is 5.56 Å². The van der Waals surface area contributed by atoms with Crippen LogP contribution in [0.2, 0.25) is 0 Å². The Kier molecular flexibility index (Phi) is 2.81. The zero-order chi connectivity index (χ0) is 9.84. The monoisotopic (exact) mass is 183 g/mol. The van der Waals surface area contributed by atoms with Crippen LogP contribution in [0.3, 0.4) is 0 Å². The molecule has 0 atom stereocenters. The molecule has 6 N–H and O–H groups in total. The lowest BCUT2D eigenvalue weighted by Gasteiger charge is -2.04. The lowest BCUT2D eigenvalue weighted by Crippen LogP contribution is -2.08. The number of ether oxygens (including phenoxy) is 1. The number of aromatic amines is 1. The highest BCUT2D eigenvalue weighted by Crippen LogP contribution is 2.18. The molecule has 0 bridgehead atoms. The number of rotatable bonds is 3. The molecule has 72 valence electrons. The van der Waals surface area contributed by atoms with Crippen LogP contribution in [0.25, 0.3) is 5.76 Å². The Hall–Kier alpha value is -1.62. The van der Waals surface area contributed by atoms with E-state index in [4.69, 9.17) is 16.2 Å². The van der Waals surface area contributed by atoms with Crippen LogP contribution in [-0.2, 0) is 4.74 Å². The topological polar surface area (TPSA) is 97.3 Å². The number of hydrogen-bond donors (Lipinski definition) is 4. The van der Waals surface area contributed by atoms with Crippen molar-refractivity contribution in [2.45, 2.75) is 0 Å². The van der Waals surface area contributed by atoms with Crippen LogP contribution in [0.5, 0.6) is 0 Å². The fourth-order valence-corrected chi connectivity index (χ4v) is 0.986. The van der Waals surface area contributed by atoms with Crippen LogP contribution < -0.4 is 11.5 Å². The Balaban J connectivity index is 2.95. The molecular formula is C8H13N3O2. The summed E-state index contributed by atoms with van der Waals surface area (Å²) in [7, 11) is 1.50. The molecule has 0 radical (unpaired) electrons. The van der Waals surface area contributed by atoms with Gasteiger partial charge in [0.2, 0.25) is 0 Å². The second-order valence-electron chi connectivity index (χ2n) is 2.61. The predicted octanol–water partition coefficient (Wildman–Crippen LogP) is 0.429. The highest BCUT2D eigenvalue weighted by molar-refractivity contribution is 5.69. The van der Waals surface area contributed by atoms with Gasteiger partial charge < -0.3 is 26.3 Å². The first-order chi connectivity index (χ1) is 6.16. The SMILES string of the molecule is COC/C(N)=C(\O)c1cc[nH]c1N. The summed E-state index contributed by atoms with van der Waals surface area (Å²) in [5, 5.41) is 9.56. The van der Waals surface area contributed by atoms with Gasteiger partial charge in [0.25, 0.3) is 0 Å². The summed E-state index contributed by atoms with van der Waals surface area (Å²) >= 11 is 0. The summed E-state index contributed by atoms with van der Waals surface area (Å²) in [5.74, 6) is 0.345. The van der Waals surface area contributed by atoms with Crippen molar-refractivity contribution < 1.29 is 9.84 Å². The van der Waals surface area contributed by atoms with E-state index in [0.29, 0.717) is 11.4 Å². The zero-order valence-electron chi connectivity index (χ0n) is 7.37. The average molecular weight is 183 g/mol. The van der Waals surface area contributed by atoms with Crippen LogP contribution >= 0.6 is 0 Å². The molecule has 0 spiro atoms. The minimum absolute atomic E-state index is 0.0411. The molecule has 0 fully saturated rings. The number of nitrogen functional groups attached to an aromatic ring is 1. The molecule has 0 saturated heterocycles. The predicted molar refractivity (Wildman–Crippen MR) is 50.8 cm³/mol. The number of nitrogens with one attached hydrogen (secondary N) is 1. The van der Waals surface area contributed by atoms with E-state index in [1.165, 1.54) is 7.11 Å². The zero-order valence-corrected chi connectivity index (χ0v) is 7.37. The summed E-state index contributed by atoms with van der Waals surface area (Å²) in [6.07, 6.45) is 1.63. The fourth-order valence-electron chi connectivity index (χ4n) is 0.986. The van der Waals surface area contributed by atoms with E-state index >= 15 is 0 Å². The molecule has 1 heterocycles. The lowest BCUT2D eigenvalue weighted by atomic mass is 10.2. The van der Waals surface area contributed by atoms with E-state index in [-0.39, 0.29) is 18.1 Å². The first kappa shape index (κ1) is 9.47. The molecule has 0 unspecified atom stereocenters. The van der Waals surface area contributed by atoms with Gasteiger partial charge in [0.15, 0.2) is 0 Å². The van der Waals surface area contributed by atoms with Gasteiger partial charge in [0.05, 0.1) is 17.9 Å². The van der Waals surface area contributed by atoms with E-state index in [1.807, 2.05) is 0 Å². The molecule has 1 aromatic rings. The average Bonchev–Trinajstić information content (AvgIpc) is 2.50. The molecule has 0 aliphatic heterocycles. The molecule has 0 amide bonds. The molecule has 1 rings (SSSR count). The van der Waals surface area contributed by atoms with Gasteiger partial charge in [0, 0.05) is 13.3 Å². The molecule has 0 aliphatic rings. The highest BCUT2D eigenvalue weighted by Gasteiger charge is 2.08. The third-order valence-corrected chi connectivity index (χ3v) is 1.64. The highest BCUT2D eigenvalue weighted by atomic mass is 16.5. The summed E-state index contributed by atoms with van der Waals surface area (Å²) in [4.78, 5) is 2.73. The number of methoxy groups -OCH3 is 1. The van der Waals surface area contributed by atoms with Crippen molar-refractivity contribution in [3.8, 4) is 0 Å². The molecular weight excluding hydrogens is 170 g/mol. The number of H-pyrrole nitrogens is 1. The maximum absolute atomic E-state index is 9.56. The van der Waals surface area contributed by atoms with Gasteiger partial charge in [-0.2, -0.15) is 0 Å². The lowest BCUT2D eigenvalue weighted by molar-refractivity contribution is 0.223. The standard InChI is InChI=1S/C8H13N3O2/c1-13-4-6(9)7(12)5-2-3-11-8(5)10/h2-3,11-12H,4,9-10H2,1H3/b7-6+. The van der Waals surface area contributed by atoms with Gasteiger partial charge in [-0.1, -0.05) is 0 Å². The van der Waals surface area contributed by atoms with Crippen molar-refractivity contribution in [3.63, 3.8) is 0 Å². The fraction of sp³-hybridized carbons (Fsp3) is 0.250. The number of hydrogen-bond acceptors (Lipinski definition) is 4. The van der Waals surface area contributed by atoms with Crippen LogP contribution in [-0.4, -0.2) is 23.8 Å². The van der Waals surface area contributed by atoms with Gasteiger partial charge in [-0.15, -0.1) is 0 Å². The van der Waals surface area contributed by atoms with E-state index in [0.717, 1.165) is 0 Å². The van der Waals surface area contributed by atoms with E-state index < -0.39 is 0 Å². The smallest absolute Gasteiger partial charge is 0.147 e. The van der Waals surface area contributed by atoms with Crippen LogP contribution in [0.15, 0.2) is 18.0 Å². The van der Waals surface area contributed by atoms with Crippen molar-refractivity contribution in [2.75, 3.05) is 19.5 Å². The van der Waals surface area contributed by atoms with Crippen LogP contribution in [0.4, 0.5) is 5.82 Å². The molecule has 13 heavy (non-hydrogen) atoms. The van der Waals surface area contributed by atoms with Crippen molar-refractivity contribution in [1.82, 2.24) is 4.98 Å². The molecule has 0 saturated carbocycles. The van der Waals surface area contributed by atoms with E-state index in [1.54, 1.807) is 12.3 Å². The Bertz CT molecular complexity index is 317. The first-order valence-electron chi connectivity index (χ1n) is 3.76. The molecule has 0 aromatic carbocycles. The minimum atomic E-state index is -0.0411. The van der Waals surface area contributed by atoms with Gasteiger partial charge in [-0.25, -0.2) is 0 Å². The second-order valence-corrected chi connectivity index (χ2v) is 2.61. The summed E-state index contributed by atoms with van der Waals surface area (Å²) in [6.45, 7) is 0.177. The number of nitrogens with two attached hydrogens (primary N) is 2. The molecule has 0 aliphatic carbocycles. The third kappa shape index (κ3) is 1.94. The Labute approximate surface area is 76.0 Å². The molecule has 5 nitrogen and oxygen atoms in total. The number of anilines is 1. The van der Waals surface area contributed by atoms with Gasteiger partial charge >= 0.3 is 0 Å². The summed E-state index contributed by atoms with van der Waals surface area (Å²) < 4.78 is 4.77. The van der Waals surface area contributed by atoms with Crippen molar-refractivity contribution in [3.05, 3.63) is 23.5 Å². The van der Waals surface area contributed by atoms with E-state index in [2.05, 4.69) is 4.98 Å². The maximum Gasteiger partial charge on any atom is 0.147 e.